The fourth-order valence-corrected chi connectivity index (χ4v) is 4.52. The van der Waals surface area contributed by atoms with Gasteiger partial charge in [-0.3, -0.25) is 4.79 Å². The monoisotopic (exact) mass is 444 g/mol. The van der Waals surface area contributed by atoms with Crippen molar-refractivity contribution < 1.29 is 23.1 Å². The molecule has 0 saturated carbocycles. The lowest BCUT2D eigenvalue weighted by atomic mass is 10.1. The standard InChI is InChI=1S/C23H19F3N2O2S/c1-14-20(31-22(27-14)16-4-6-18(7-5-16)23(24,25)26)13-28-11-10-17-12-15(2-8-19(17)28)3-9-21(29)30/h2,4-8,10-12H,3,9,13H2,1H3,(H,29,30). The zero-order valence-corrected chi connectivity index (χ0v) is 17.4. The largest absolute Gasteiger partial charge is 0.481 e. The Labute approximate surface area is 180 Å². The van der Waals surface area contributed by atoms with E-state index < -0.39 is 17.7 Å². The molecule has 0 unspecified atom stereocenters. The van der Waals surface area contributed by atoms with E-state index in [-0.39, 0.29) is 6.42 Å². The molecule has 0 fully saturated rings. The molecule has 4 rings (SSSR count). The number of fused-ring (bicyclic) bond motifs is 1. The molecule has 0 aliphatic carbocycles. The number of nitrogens with zero attached hydrogens (tertiary/aromatic N) is 2. The van der Waals surface area contributed by atoms with Crippen molar-refractivity contribution in [3.8, 4) is 10.6 Å². The topological polar surface area (TPSA) is 55.1 Å². The number of hydrogen-bond donors (Lipinski definition) is 1. The molecule has 1 N–H and O–H groups in total. The molecule has 2 aromatic heterocycles. The number of carboxylic acid groups (broad SMARTS) is 1. The minimum absolute atomic E-state index is 0.0962. The summed E-state index contributed by atoms with van der Waals surface area (Å²) in [6.45, 7) is 2.50. The molecule has 0 spiro atoms. The lowest BCUT2D eigenvalue weighted by molar-refractivity contribution is -0.138. The highest BCUT2D eigenvalue weighted by Crippen LogP contribution is 2.33. The summed E-state index contributed by atoms with van der Waals surface area (Å²) in [6.07, 6.45) is -1.80. The lowest BCUT2D eigenvalue weighted by Gasteiger charge is -2.06. The van der Waals surface area contributed by atoms with Crippen LogP contribution in [0.15, 0.2) is 54.7 Å². The Balaban J connectivity index is 1.55. The average molecular weight is 444 g/mol. The Hall–Kier alpha value is -3.13. The van der Waals surface area contributed by atoms with E-state index in [2.05, 4.69) is 9.55 Å². The quantitative estimate of drug-likeness (QED) is 0.388. The first-order valence-corrected chi connectivity index (χ1v) is 10.5. The van der Waals surface area contributed by atoms with Crippen molar-refractivity contribution in [2.45, 2.75) is 32.5 Å². The summed E-state index contributed by atoms with van der Waals surface area (Å²) in [7, 11) is 0. The fourth-order valence-electron chi connectivity index (χ4n) is 3.45. The third-order valence-corrected chi connectivity index (χ3v) is 6.32. The molecule has 2 aromatic carbocycles. The SMILES string of the molecule is Cc1nc(-c2ccc(C(F)(F)F)cc2)sc1Cn1ccc2cc(CCC(=O)O)ccc21. The smallest absolute Gasteiger partial charge is 0.416 e. The molecule has 0 atom stereocenters. The first-order chi connectivity index (χ1) is 14.7. The molecule has 0 bridgehead atoms. The molecule has 0 amide bonds. The maximum atomic E-state index is 12.8. The molecule has 0 aliphatic rings. The zero-order valence-electron chi connectivity index (χ0n) is 16.6. The summed E-state index contributed by atoms with van der Waals surface area (Å²) in [4.78, 5) is 16.4. The van der Waals surface area contributed by atoms with Crippen molar-refractivity contribution in [1.82, 2.24) is 9.55 Å². The van der Waals surface area contributed by atoms with E-state index in [4.69, 9.17) is 5.11 Å². The number of aliphatic carboxylic acids is 1. The summed E-state index contributed by atoms with van der Waals surface area (Å²) in [5.74, 6) is -0.817. The number of thiazole rings is 1. The van der Waals surface area contributed by atoms with E-state index in [1.165, 1.54) is 23.5 Å². The van der Waals surface area contributed by atoms with Gasteiger partial charge in [-0.15, -0.1) is 11.3 Å². The molecule has 4 nitrogen and oxygen atoms in total. The van der Waals surface area contributed by atoms with Crippen LogP contribution in [0.25, 0.3) is 21.5 Å². The summed E-state index contributed by atoms with van der Waals surface area (Å²) in [5, 5.41) is 10.6. The van der Waals surface area contributed by atoms with Gasteiger partial charge in [-0.2, -0.15) is 13.2 Å². The van der Waals surface area contributed by atoms with Crippen LogP contribution >= 0.6 is 11.3 Å². The van der Waals surface area contributed by atoms with E-state index in [0.717, 1.165) is 39.2 Å². The van der Waals surface area contributed by atoms with Crippen LogP contribution in [-0.4, -0.2) is 20.6 Å². The van der Waals surface area contributed by atoms with Gasteiger partial charge >= 0.3 is 12.1 Å². The first-order valence-electron chi connectivity index (χ1n) is 9.64. The number of carboxylic acids is 1. The van der Waals surface area contributed by atoms with Crippen molar-refractivity contribution in [3.05, 3.63) is 76.4 Å². The average Bonchev–Trinajstić information content (AvgIpc) is 3.29. The van der Waals surface area contributed by atoms with Gasteiger partial charge in [-0.1, -0.05) is 18.2 Å². The minimum atomic E-state index is -4.36. The molecule has 0 radical (unpaired) electrons. The zero-order chi connectivity index (χ0) is 22.2. The Morgan fingerprint density at radius 2 is 1.87 bits per heavy atom. The number of halogens is 3. The van der Waals surface area contributed by atoms with E-state index in [1.54, 1.807) is 0 Å². The molecule has 4 aromatic rings. The number of hydrogen-bond acceptors (Lipinski definition) is 3. The van der Waals surface area contributed by atoms with Gasteiger partial charge in [0.2, 0.25) is 0 Å². The van der Waals surface area contributed by atoms with E-state index in [1.807, 2.05) is 37.4 Å². The van der Waals surface area contributed by atoms with Crippen LogP contribution in [0.4, 0.5) is 13.2 Å². The summed E-state index contributed by atoms with van der Waals surface area (Å²) in [6, 6.07) is 13.0. The van der Waals surface area contributed by atoms with Gasteiger partial charge in [-0.05, 0) is 54.6 Å². The predicted molar refractivity (Wildman–Crippen MR) is 114 cm³/mol. The van der Waals surface area contributed by atoms with Crippen LogP contribution in [0.5, 0.6) is 0 Å². The normalized spacial score (nSPS) is 11.9. The van der Waals surface area contributed by atoms with Gasteiger partial charge in [-0.25, -0.2) is 4.98 Å². The number of rotatable bonds is 6. The Bertz CT molecular complexity index is 1240. The lowest BCUT2D eigenvalue weighted by Crippen LogP contribution is -2.03. The van der Waals surface area contributed by atoms with Crippen LogP contribution in [-0.2, 0) is 23.9 Å². The van der Waals surface area contributed by atoms with Gasteiger partial charge in [0.1, 0.15) is 5.01 Å². The maximum absolute atomic E-state index is 12.8. The van der Waals surface area contributed by atoms with Crippen molar-refractivity contribution in [1.29, 1.82) is 0 Å². The molecule has 0 aliphatic heterocycles. The number of aromatic nitrogens is 2. The molecular weight excluding hydrogens is 425 g/mol. The Morgan fingerprint density at radius 1 is 1.13 bits per heavy atom. The minimum Gasteiger partial charge on any atom is -0.481 e. The fraction of sp³-hybridized carbons (Fsp3) is 0.217. The molecule has 31 heavy (non-hydrogen) atoms. The Morgan fingerprint density at radius 3 is 2.55 bits per heavy atom. The second-order valence-corrected chi connectivity index (χ2v) is 8.42. The van der Waals surface area contributed by atoms with Crippen LogP contribution < -0.4 is 0 Å². The number of benzene rings is 2. The number of carbonyl (C=O) groups is 1. The summed E-state index contributed by atoms with van der Waals surface area (Å²) < 4.78 is 40.5. The van der Waals surface area contributed by atoms with Gasteiger partial charge in [0.25, 0.3) is 0 Å². The number of aryl methyl sites for hydroxylation is 2. The van der Waals surface area contributed by atoms with Gasteiger partial charge in [0, 0.05) is 28.6 Å². The molecule has 8 heteroatoms. The molecule has 2 heterocycles. The van der Waals surface area contributed by atoms with E-state index >= 15 is 0 Å². The third-order valence-electron chi connectivity index (χ3n) is 5.13. The van der Waals surface area contributed by atoms with Crippen LogP contribution in [0.2, 0.25) is 0 Å². The van der Waals surface area contributed by atoms with Crippen molar-refractivity contribution >= 4 is 28.2 Å². The third kappa shape index (κ3) is 4.64. The molecular formula is C23H19F3N2O2S. The van der Waals surface area contributed by atoms with Crippen molar-refractivity contribution in [2.24, 2.45) is 0 Å². The summed E-state index contributed by atoms with van der Waals surface area (Å²) in [5.41, 5.74) is 2.84. The second kappa shape index (κ2) is 8.19. The highest BCUT2D eigenvalue weighted by atomic mass is 32.1. The van der Waals surface area contributed by atoms with Gasteiger partial charge < -0.3 is 9.67 Å². The predicted octanol–water partition coefficient (Wildman–Crippen LogP) is 6.16. The summed E-state index contributed by atoms with van der Waals surface area (Å²) >= 11 is 1.47. The number of alkyl halides is 3. The Kier molecular flexibility index (Phi) is 5.58. The highest BCUT2D eigenvalue weighted by molar-refractivity contribution is 7.15. The van der Waals surface area contributed by atoms with Gasteiger partial charge in [0.15, 0.2) is 0 Å². The first kappa shape index (κ1) is 21.1. The van der Waals surface area contributed by atoms with Crippen LogP contribution in [0, 0.1) is 6.92 Å². The maximum Gasteiger partial charge on any atom is 0.416 e. The van der Waals surface area contributed by atoms with Crippen molar-refractivity contribution in [3.63, 3.8) is 0 Å². The molecule has 0 saturated heterocycles. The van der Waals surface area contributed by atoms with Crippen LogP contribution in [0.3, 0.4) is 0 Å². The van der Waals surface area contributed by atoms with Crippen LogP contribution in [0.1, 0.15) is 28.1 Å². The van der Waals surface area contributed by atoms with Gasteiger partial charge in [0.05, 0.1) is 17.8 Å². The highest BCUT2D eigenvalue weighted by Gasteiger charge is 2.30. The second-order valence-electron chi connectivity index (χ2n) is 7.33. The van der Waals surface area contributed by atoms with E-state index in [0.29, 0.717) is 23.5 Å². The van der Waals surface area contributed by atoms with E-state index in [9.17, 15) is 18.0 Å². The molecule has 160 valence electrons. The van der Waals surface area contributed by atoms with Crippen molar-refractivity contribution in [2.75, 3.05) is 0 Å².